The molecule has 1 aromatic carbocycles. The van der Waals surface area contributed by atoms with E-state index >= 15 is 0 Å². The Hall–Kier alpha value is -1.74. The maximum absolute atomic E-state index is 12.1. The average Bonchev–Trinajstić information content (AvgIpc) is 2.35. The molecule has 0 saturated carbocycles. The van der Waals surface area contributed by atoms with E-state index < -0.39 is 41.4 Å². The number of hydrogen-bond acceptors (Lipinski definition) is 5. The summed E-state index contributed by atoms with van der Waals surface area (Å²) < 4.78 is 41.1. The van der Waals surface area contributed by atoms with Gasteiger partial charge in [-0.15, -0.1) is 12.4 Å². The monoisotopic (exact) mass is 330 g/mol. The van der Waals surface area contributed by atoms with Crippen molar-refractivity contribution in [1.82, 2.24) is 0 Å². The smallest absolute Gasteiger partial charge is 0.389 e. The maximum atomic E-state index is 12.1. The number of nitrogens with two attached hydrogens (primary N) is 1. The minimum Gasteiger partial charge on any atom is -0.500 e. The molecular formula is C11H14ClF3N2O4. The number of phenolic OH excluding ortho intramolecular Hbond substituents is 1. The molecule has 3 N–H and O–H groups in total. The summed E-state index contributed by atoms with van der Waals surface area (Å²) in [7, 11) is 1.17. The molecule has 0 spiro atoms. The van der Waals surface area contributed by atoms with Crippen molar-refractivity contribution in [3.05, 3.63) is 27.8 Å². The van der Waals surface area contributed by atoms with E-state index in [-0.39, 0.29) is 23.7 Å². The summed E-state index contributed by atoms with van der Waals surface area (Å²) in [5, 5.41) is 20.3. The largest absolute Gasteiger partial charge is 0.500 e. The first-order valence-electron chi connectivity index (χ1n) is 5.53. The molecule has 0 fully saturated rings. The number of ether oxygens (including phenoxy) is 1. The zero-order chi connectivity index (χ0) is 15.5. The zero-order valence-electron chi connectivity index (χ0n) is 10.9. The number of aromatic hydroxyl groups is 1. The van der Waals surface area contributed by atoms with E-state index in [9.17, 15) is 28.4 Å². The number of rotatable bonds is 5. The van der Waals surface area contributed by atoms with Crippen LogP contribution in [0.1, 0.15) is 24.4 Å². The number of methoxy groups -OCH3 is 1. The molecule has 1 rings (SSSR count). The van der Waals surface area contributed by atoms with Crippen LogP contribution in [0.15, 0.2) is 12.1 Å². The Bertz CT molecular complexity index is 511. The van der Waals surface area contributed by atoms with Gasteiger partial charge in [0, 0.05) is 18.5 Å². The van der Waals surface area contributed by atoms with Crippen molar-refractivity contribution in [3.8, 4) is 11.5 Å². The van der Waals surface area contributed by atoms with Gasteiger partial charge in [-0.2, -0.15) is 13.2 Å². The molecule has 0 aromatic heterocycles. The standard InChI is InChI=1S/C11H13F3N2O4.ClH/c1-20-9-5-6(4-8(10(9)17)16(18)19)7(15)2-3-11(12,13)14;/h4-5,7,17H,2-3,15H2,1H3;1H/t7-;/m1./s1. The molecule has 1 aromatic rings. The Labute approximate surface area is 124 Å². The van der Waals surface area contributed by atoms with Crippen LogP contribution >= 0.6 is 12.4 Å². The van der Waals surface area contributed by atoms with Gasteiger partial charge in [-0.3, -0.25) is 10.1 Å². The Morgan fingerprint density at radius 3 is 2.48 bits per heavy atom. The number of alkyl halides is 3. The highest BCUT2D eigenvalue weighted by Crippen LogP contribution is 2.39. The quantitative estimate of drug-likeness (QED) is 0.638. The zero-order valence-corrected chi connectivity index (χ0v) is 11.7. The fraction of sp³-hybridized carbons (Fsp3) is 0.455. The van der Waals surface area contributed by atoms with Crippen molar-refractivity contribution in [2.75, 3.05) is 7.11 Å². The molecule has 10 heteroatoms. The predicted octanol–water partition coefficient (Wildman–Crippen LogP) is 3.07. The third-order valence-electron chi connectivity index (χ3n) is 2.66. The first-order chi connectivity index (χ1) is 9.15. The Morgan fingerprint density at radius 2 is 2.05 bits per heavy atom. The van der Waals surface area contributed by atoms with E-state index in [2.05, 4.69) is 0 Å². The van der Waals surface area contributed by atoms with Crippen LogP contribution in [0, 0.1) is 10.1 Å². The number of nitro groups is 1. The van der Waals surface area contributed by atoms with Crippen LogP contribution in [-0.2, 0) is 0 Å². The van der Waals surface area contributed by atoms with E-state index in [1.54, 1.807) is 0 Å². The van der Waals surface area contributed by atoms with Crippen molar-refractivity contribution < 1.29 is 27.9 Å². The molecule has 0 amide bonds. The SMILES string of the molecule is COc1cc([C@H](N)CCC(F)(F)F)cc([N+](=O)[O-])c1O.Cl. The highest BCUT2D eigenvalue weighted by atomic mass is 35.5. The van der Waals surface area contributed by atoms with E-state index in [0.717, 1.165) is 6.07 Å². The van der Waals surface area contributed by atoms with Crippen LogP contribution in [0.3, 0.4) is 0 Å². The molecule has 6 nitrogen and oxygen atoms in total. The van der Waals surface area contributed by atoms with Crippen molar-refractivity contribution in [3.63, 3.8) is 0 Å². The van der Waals surface area contributed by atoms with Crippen LogP contribution in [0.5, 0.6) is 11.5 Å². The summed E-state index contributed by atoms with van der Waals surface area (Å²) in [5.74, 6) is -0.902. The van der Waals surface area contributed by atoms with Crippen molar-refractivity contribution in [2.24, 2.45) is 5.73 Å². The fourth-order valence-electron chi connectivity index (χ4n) is 1.61. The number of hydrogen-bond donors (Lipinski definition) is 2. The molecule has 0 bridgehead atoms. The van der Waals surface area contributed by atoms with Gasteiger partial charge in [-0.05, 0) is 18.1 Å². The maximum Gasteiger partial charge on any atom is 0.389 e. The highest BCUT2D eigenvalue weighted by molar-refractivity contribution is 5.85. The molecule has 0 aliphatic heterocycles. The van der Waals surface area contributed by atoms with Gasteiger partial charge < -0.3 is 15.6 Å². The summed E-state index contributed by atoms with van der Waals surface area (Å²) >= 11 is 0. The van der Waals surface area contributed by atoms with Gasteiger partial charge in [0.15, 0.2) is 5.75 Å². The van der Waals surface area contributed by atoms with Gasteiger partial charge in [0.2, 0.25) is 5.75 Å². The van der Waals surface area contributed by atoms with Crippen LogP contribution in [0.25, 0.3) is 0 Å². The first-order valence-corrected chi connectivity index (χ1v) is 5.53. The van der Waals surface area contributed by atoms with E-state index in [1.807, 2.05) is 0 Å². The molecular weight excluding hydrogens is 317 g/mol. The van der Waals surface area contributed by atoms with Crippen LogP contribution in [-0.4, -0.2) is 23.3 Å². The lowest BCUT2D eigenvalue weighted by Crippen LogP contribution is -2.16. The number of nitrogens with zero attached hydrogens (tertiary/aromatic N) is 1. The second kappa shape index (κ2) is 7.32. The van der Waals surface area contributed by atoms with Crippen molar-refractivity contribution in [1.29, 1.82) is 0 Å². The Balaban J connectivity index is 0.00000400. The van der Waals surface area contributed by atoms with Crippen LogP contribution < -0.4 is 10.5 Å². The molecule has 0 radical (unpaired) electrons. The van der Waals surface area contributed by atoms with Gasteiger partial charge in [0.1, 0.15) is 0 Å². The third kappa shape index (κ3) is 5.27. The minimum atomic E-state index is -4.36. The number of phenols is 1. The van der Waals surface area contributed by atoms with Gasteiger partial charge in [-0.25, -0.2) is 0 Å². The number of benzene rings is 1. The summed E-state index contributed by atoms with van der Waals surface area (Å²) in [5.41, 5.74) is 5.01. The normalized spacial score (nSPS) is 12.4. The van der Waals surface area contributed by atoms with E-state index in [0.29, 0.717) is 0 Å². The predicted molar refractivity (Wildman–Crippen MR) is 70.8 cm³/mol. The Kier molecular flexibility index (Phi) is 6.71. The molecule has 0 aliphatic rings. The van der Waals surface area contributed by atoms with Crippen molar-refractivity contribution in [2.45, 2.75) is 25.1 Å². The molecule has 0 unspecified atom stereocenters. The average molecular weight is 331 g/mol. The summed E-state index contributed by atoms with van der Waals surface area (Å²) in [6, 6.07) is 1.08. The lowest BCUT2D eigenvalue weighted by atomic mass is 10.0. The van der Waals surface area contributed by atoms with Gasteiger partial charge in [0.05, 0.1) is 12.0 Å². The molecule has 0 heterocycles. The summed E-state index contributed by atoms with van der Waals surface area (Å²) in [6.45, 7) is 0. The number of halogens is 4. The molecule has 1 atom stereocenters. The molecule has 0 aliphatic carbocycles. The Morgan fingerprint density at radius 1 is 1.48 bits per heavy atom. The van der Waals surface area contributed by atoms with E-state index in [4.69, 9.17) is 10.5 Å². The number of nitro benzene ring substituents is 1. The van der Waals surface area contributed by atoms with Crippen LogP contribution in [0.2, 0.25) is 0 Å². The summed E-state index contributed by atoms with van der Waals surface area (Å²) in [4.78, 5) is 9.89. The third-order valence-corrected chi connectivity index (χ3v) is 2.66. The minimum absolute atomic E-state index is 0. The van der Waals surface area contributed by atoms with Gasteiger partial charge >= 0.3 is 11.9 Å². The molecule has 21 heavy (non-hydrogen) atoms. The molecule has 0 saturated heterocycles. The van der Waals surface area contributed by atoms with E-state index in [1.165, 1.54) is 13.2 Å². The highest BCUT2D eigenvalue weighted by Gasteiger charge is 2.29. The fourth-order valence-corrected chi connectivity index (χ4v) is 1.61. The lowest BCUT2D eigenvalue weighted by molar-refractivity contribution is -0.386. The first kappa shape index (κ1) is 19.3. The molecule has 120 valence electrons. The van der Waals surface area contributed by atoms with Crippen LogP contribution in [0.4, 0.5) is 18.9 Å². The van der Waals surface area contributed by atoms with Crippen molar-refractivity contribution >= 4 is 18.1 Å². The summed E-state index contributed by atoms with van der Waals surface area (Å²) in [6.07, 6.45) is -5.88. The second-order valence-electron chi connectivity index (χ2n) is 4.11. The lowest BCUT2D eigenvalue weighted by Gasteiger charge is -2.15. The second-order valence-corrected chi connectivity index (χ2v) is 4.11. The topological polar surface area (TPSA) is 98.6 Å². The van der Waals surface area contributed by atoms with Gasteiger partial charge in [-0.1, -0.05) is 0 Å². The van der Waals surface area contributed by atoms with Gasteiger partial charge in [0.25, 0.3) is 0 Å².